The lowest BCUT2D eigenvalue weighted by Gasteiger charge is -2.18. The summed E-state index contributed by atoms with van der Waals surface area (Å²) in [5.41, 5.74) is 2.41. The number of carbonyl (C=O) groups is 1. The van der Waals surface area contributed by atoms with Crippen LogP contribution >= 0.6 is 28.6 Å². The maximum absolute atomic E-state index is 11.9. The van der Waals surface area contributed by atoms with Crippen LogP contribution in [0, 0.1) is 0 Å². The molecule has 0 aliphatic carbocycles. The fourth-order valence-electron chi connectivity index (χ4n) is 2.12. The lowest BCUT2D eigenvalue weighted by molar-refractivity contribution is -0.117. The largest absolute Gasteiger partial charge is 0.310 e. The summed E-state index contributed by atoms with van der Waals surface area (Å²) < 4.78 is 0.809. The van der Waals surface area contributed by atoms with Crippen LogP contribution in [0.5, 0.6) is 0 Å². The van der Waals surface area contributed by atoms with Gasteiger partial charge in [0.1, 0.15) is 5.52 Å². The van der Waals surface area contributed by atoms with Crippen molar-refractivity contribution in [3.8, 4) is 0 Å². The summed E-state index contributed by atoms with van der Waals surface area (Å²) in [6.45, 7) is 0.631. The summed E-state index contributed by atoms with van der Waals surface area (Å²) in [7, 11) is 0. The third-order valence-electron chi connectivity index (χ3n) is 2.95. The van der Waals surface area contributed by atoms with Crippen LogP contribution in [0.4, 0.5) is 5.69 Å². The van der Waals surface area contributed by atoms with Crippen molar-refractivity contribution in [2.45, 2.75) is 11.7 Å². The van der Waals surface area contributed by atoms with E-state index in [2.05, 4.69) is 38.5 Å². The second-order valence-corrected chi connectivity index (χ2v) is 5.71. The van der Waals surface area contributed by atoms with Crippen molar-refractivity contribution in [2.24, 2.45) is 0 Å². The zero-order valence-electron chi connectivity index (χ0n) is 9.38. The van der Waals surface area contributed by atoms with Crippen LogP contribution in [0.3, 0.4) is 0 Å². The number of aromatic nitrogens is 2. The van der Waals surface area contributed by atoms with Crippen molar-refractivity contribution < 1.29 is 4.79 Å². The number of halogens is 1. The fourth-order valence-corrected chi connectivity index (χ4v) is 3.09. The normalized spacial score (nSPS) is 19.8. The van der Waals surface area contributed by atoms with Gasteiger partial charge in [0.25, 0.3) is 0 Å². The Morgan fingerprint density at radius 2 is 2.11 bits per heavy atom. The SMILES string of the molecule is O=C1CC(S)CN1c1ccc2nccnc2c1Br. The van der Waals surface area contributed by atoms with E-state index in [4.69, 9.17) is 0 Å². The fraction of sp³-hybridized carbons (Fsp3) is 0.250. The maximum Gasteiger partial charge on any atom is 0.228 e. The molecule has 1 amide bonds. The molecule has 0 radical (unpaired) electrons. The molecule has 3 rings (SSSR count). The highest BCUT2D eigenvalue weighted by Crippen LogP contribution is 2.34. The number of rotatable bonds is 1. The molecular weight excluding hydrogens is 314 g/mol. The molecular formula is C12H10BrN3OS. The van der Waals surface area contributed by atoms with Crippen molar-refractivity contribution in [1.29, 1.82) is 0 Å². The Morgan fingerprint density at radius 1 is 1.33 bits per heavy atom. The average Bonchev–Trinajstić information content (AvgIpc) is 2.69. The Bertz CT molecular complexity index is 634. The lowest BCUT2D eigenvalue weighted by Crippen LogP contribution is -2.25. The molecule has 2 aromatic rings. The number of thiol groups is 1. The van der Waals surface area contributed by atoms with Gasteiger partial charge in [0.2, 0.25) is 5.91 Å². The number of anilines is 1. The second-order valence-electron chi connectivity index (χ2n) is 4.19. The molecule has 1 unspecified atom stereocenters. The van der Waals surface area contributed by atoms with E-state index in [-0.39, 0.29) is 11.2 Å². The molecule has 6 heteroatoms. The first kappa shape index (κ1) is 11.9. The highest BCUT2D eigenvalue weighted by Gasteiger charge is 2.29. The third-order valence-corrected chi connectivity index (χ3v) is 4.08. The van der Waals surface area contributed by atoms with Crippen LogP contribution in [0.25, 0.3) is 11.0 Å². The van der Waals surface area contributed by atoms with Gasteiger partial charge < -0.3 is 4.90 Å². The molecule has 1 aliphatic heterocycles. The number of benzene rings is 1. The Kier molecular flexibility index (Phi) is 2.99. The highest BCUT2D eigenvalue weighted by molar-refractivity contribution is 9.10. The second kappa shape index (κ2) is 4.51. The molecule has 1 fully saturated rings. The number of carbonyl (C=O) groups excluding carboxylic acids is 1. The van der Waals surface area contributed by atoms with Crippen molar-refractivity contribution in [2.75, 3.05) is 11.4 Å². The number of fused-ring (bicyclic) bond motifs is 1. The molecule has 1 saturated heterocycles. The first-order valence-corrected chi connectivity index (χ1v) is 6.85. The van der Waals surface area contributed by atoms with Crippen molar-refractivity contribution in [3.63, 3.8) is 0 Å². The van der Waals surface area contributed by atoms with E-state index in [1.807, 2.05) is 12.1 Å². The molecule has 0 saturated carbocycles. The lowest BCUT2D eigenvalue weighted by atomic mass is 10.2. The van der Waals surface area contributed by atoms with Gasteiger partial charge in [0, 0.05) is 30.6 Å². The van der Waals surface area contributed by atoms with Crippen LogP contribution in [0.1, 0.15) is 6.42 Å². The van der Waals surface area contributed by atoms with Gasteiger partial charge in [-0.3, -0.25) is 14.8 Å². The summed E-state index contributed by atoms with van der Waals surface area (Å²) in [6.07, 6.45) is 3.78. The molecule has 92 valence electrons. The summed E-state index contributed by atoms with van der Waals surface area (Å²) in [5, 5.41) is 0.0990. The van der Waals surface area contributed by atoms with Gasteiger partial charge in [-0.25, -0.2) is 0 Å². The van der Waals surface area contributed by atoms with Crippen LogP contribution in [0.2, 0.25) is 0 Å². The molecule has 1 aromatic carbocycles. The van der Waals surface area contributed by atoms with Crippen molar-refractivity contribution in [1.82, 2.24) is 9.97 Å². The molecule has 0 spiro atoms. The number of hydrogen-bond donors (Lipinski definition) is 1. The molecule has 18 heavy (non-hydrogen) atoms. The van der Waals surface area contributed by atoms with Crippen LogP contribution in [0.15, 0.2) is 29.0 Å². The Balaban J connectivity index is 2.13. The van der Waals surface area contributed by atoms with Gasteiger partial charge in [0.15, 0.2) is 0 Å². The van der Waals surface area contributed by atoms with Gasteiger partial charge in [0.05, 0.1) is 15.7 Å². The van der Waals surface area contributed by atoms with Gasteiger partial charge in [-0.15, -0.1) is 0 Å². The molecule has 0 bridgehead atoms. The summed E-state index contributed by atoms with van der Waals surface area (Å²) >= 11 is 7.88. The van der Waals surface area contributed by atoms with Crippen LogP contribution in [-0.4, -0.2) is 27.7 Å². The number of hydrogen-bond acceptors (Lipinski definition) is 4. The maximum atomic E-state index is 11.9. The zero-order chi connectivity index (χ0) is 12.7. The Morgan fingerprint density at radius 3 is 2.83 bits per heavy atom. The van der Waals surface area contributed by atoms with Crippen LogP contribution < -0.4 is 4.90 Å². The standard InChI is InChI=1S/C12H10BrN3OS/c13-11-9(16-6-7(18)5-10(16)17)2-1-8-12(11)15-4-3-14-8/h1-4,7,18H,5-6H2. The van der Waals surface area contributed by atoms with Crippen molar-refractivity contribution >= 4 is 51.2 Å². The Labute approximate surface area is 118 Å². The van der Waals surface area contributed by atoms with E-state index in [1.165, 1.54) is 0 Å². The highest BCUT2D eigenvalue weighted by atomic mass is 79.9. The van der Waals surface area contributed by atoms with Gasteiger partial charge in [-0.05, 0) is 28.1 Å². The molecule has 0 N–H and O–H groups in total. The van der Waals surface area contributed by atoms with E-state index in [0.29, 0.717) is 13.0 Å². The van der Waals surface area contributed by atoms with E-state index in [0.717, 1.165) is 21.2 Å². The minimum atomic E-state index is 0.0962. The summed E-state index contributed by atoms with van der Waals surface area (Å²) in [4.78, 5) is 22.2. The molecule has 4 nitrogen and oxygen atoms in total. The summed E-state index contributed by atoms with van der Waals surface area (Å²) in [6, 6.07) is 3.77. The molecule has 1 aliphatic rings. The van der Waals surface area contributed by atoms with Crippen LogP contribution in [-0.2, 0) is 4.79 Å². The van der Waals surface area contributed by atoms with E-state index in [9.17, 15) is 4.79 Å². The van der Waals surface area contributed by atoms with Gasteiger partial charge in [-0.1, -0.05) is 0 Å². The molecule has 1 aromatic heterocycles. The van der Waals surface area contributed by atoms with Crippen molar-refractivity contribution in [3.05, 3.63) is 29.0 Å². The first-order valence-electron chi connectivity index (χ1n) is 5.54. The first-order chi connectivity index (χ1) is 8.66. The molecule has 1 atom stereocenters. The predicted octanol–water partition coefficient (Wildman–Crippen LogP) is 2.43. The smallest absolute Gasteiger partial charge is 0.228 e. The minimum absolute atomic E-state index is 0.0962. The monoisotopic (exact) mass is 323 g/mol. The van der Waals surface area contributed by atoms with E-state index < -0.39 is 0 Å². The molecule has 2 heterocycles. The summed E-state index contributed by atoms with van der Waals surface area (Å²) in [5.74, 6) is 0.0962. The number of amides is 1. The Hall–Kier alpha value is -1.14. The predicted molar refractivity (Wildman–Crippen MR) is 77.0 cm³/mol. The van der Waals surface area contributed by atoms with E-state index >= 15 is 0 Å². The average molecular weight is 324 g/mol. The van der Waals surface area contributed by atoms with Gasteiger partial charge >= 0.3 is 0 Å². The quantitative estimate of drug-likeness (QED) is 0.820. The number of nitrogens with zero attached hydrogens (tertiary/aromatic N) is 3. The topological polar surface area (TPSA) is 46.1 Å². The zero-order valence-corrected chi connectivity index (χ0v) is 11.9. The third kappa shape index (κ3) is 1.89. The van der Waals surface area contributed by atoms with E-state index in [1.54, 1.807) is 17.3 Å². The minimum Gasteiger partial charge on any atom is -0.310 e. The van der Waals surface area contributed by atoms with Gasteiger partial charge in [-0.2, -0.15) is 12.6 Å².